The number of hydrogen-bond donors (Lipinski definition) is 1. The molecule has 3 rings (SSSR count). The largest absolute Gasteiger partial charge is 0.381 e. The van der Waals surface area contributed by atoms with Gasteiger partial charge in [0, 0.05) is 37.5 Å². The summed E-state index contributed by atoms with van der Waals surface area (Å²) < 4.78 is 32.7. The van der Waals surface area contributed by atoms with Crippen LogP contribution < -0.4 is 5.32 Å². The molecular weight excluding hydrogens is 324 g/mol. The van der Waals surface area contributed by atoms with Crippen LogP contribution in [0, 0.1) is 5.41 Å². The van der Waals surface area contributed by atoms with Crippen molar-refractivity contribution in [3.05, 3.63) is 16.3 Å². The van der Waals surface area contributed by atoms with E-state index in [2.05, 4.69) is 5.32 Å². The van der Waals surface area contributed by atoms with Crippen molar-refractivity contribution in [1.82, 2.24) is 9.62 Å². The van der Waals surface area contributed by atoms with Gasteiger partial charge in [-0.15, -0.1) is 11.3 Å². The number of nitrogens with one attached hydrogen (secondary N) is 1. The van der Waals surface area contributed by atoms with Crippen LogP contribution in [0.25, 0.3) is 0 Å². The van der Waals surface area contributed by atoms with Crippen LogP contribution in [0.1, 0.15) is 28.9 Å². The van der Waals surface area contributed by atoms with Crippen LogP contribution in [-0.4, -0.2) is 52.0 Å². The second-order valence-electron chi connectivity index (χ2n) is 5.97. The van der Waals surface area contributed by atoms with Gasteiger partial charge in [0.2, 0.25) is 10.0 Å². The van der Waals surface area contributed by atoms with Crippen molar-refractivity contribution in [3.8, 4) is 0 Å². The highest BCUT2D eigenvalue weighted by Gasteiger charge is 2.42. The van der Waals surface area contributed by atoms with E-state index in [4.69, 9.17) is 4.74 Å². The Hall–Kier alpha value is -0.960. The molecule has 0 aromatic carbocycles. The van der Waals surface area contributed by atoms with Gasteiger partial charge in [-0.3, -0.25) is 4.79 Å². The number of carbonyl (C=O) groups excluding carboxylic acids is 1. The van der Waals surface area contributed by atoms with E-state index in [0.29, 0.717) is 31.2 Å². The summed E-state index contributed by atoms with van der Waals surface area (Å²) in [5, 5.41) is 4.06. The molecular formula is C14H20N2O4S2. The predicted octanol–water partition coefficient (Wildman–Crippen LogP) is 1.30. The van der Waals surface area contributed by atoms with E-state index < -0.39 is 10.0 Å². The zero-order valence-electron chi connectivity index (χ0n) is 12.5. The number of amides is 1. The standard InChI is InChI=1S/C14H20N2O4S2/c1-15-13(17)12-7-11(8-21-12)22(18,19)16-5-2-3-14(9-16)4-6-20-10-14/h7-8H,2-6,9-10H2,1H3,(H,15,17). The number of thiophene rings is 1. The predicted molar refractivity (Wildman–Crippen MR) is 83.6 cm³/mol. The van der Waals surface area contributed by atoms with E-state index in [-0.39, 0.29) is 16.2 Å². The fourth-order valence-corrected chi connectivity index (χ4v) is 5.98. The molecule has 122 valence electrons. The summed E-state index contributed by atoms with van der Waals surface area (Å²) in [5.74, 6) is -0.259. The number of nitrogens with zero attached hydrogens (tertiary/aromatic N) is 1. The van der Waals surface area contributed by atoms with Gasteiger partial charge in [0.1, 0.15) is 0 Å². The molecule has 22 heavy (non-hydrogen) atoms. The Labute approximate surface area is 134 Å². The summed E-state index contributed by atoms with van der Waals surface area (Å²) in [6.07, 6.45) is 2.80. The molecule has 1 spiro atoms. The maximum absolute atomic E-state index is 12.8. The lowest BCUT2D eigenvalue weighted by Crippen LogP contribution is -2.46. The zero-order chi connectivity index (χ0) is 15.8. The normalized spacial score (nSPS) is 26.4. The summed E-state index contributed by atoms with van der Waals surface area (Å²) in [4.78, 5) is 12.2. The van der Waals surface area contributed by atoms with Crippen LogP contribution in [0.3, 0.4) is 0 Å². The molecule has 2 aliphatic heterocycles. The molecule has 1 aromatic rings. The van der Waals surface area contributed by atoms with Crippen molar-refractivity contribution in [2.24, 2.45) is 5.41 Å². The third-order valence-electron chi connectivity index (χ3n) is 4.48. The van der Waals surface area contributed by atoms with Crippen LogP contribution in [0.15, 0.2) is 16.3 Å². The molecule has 2 aliphatic rings. The van der Waals surface area contributed by atoms with Gasteiger partial charge in [0.15, 0.2) is 0 Å². The van der Waals surface area contributed by atoms with Crippen molar-refractivity contribution in [3.63, 3.8) is 0 Å². The topological polar surface area (TPSA) is 75.7 Å². The number of piperidine rings is 1. The highest BCUT2D eigenvalue weighted by molar-refractivity contribution is 7.89. The van der Waals surface area contributed by atoms with Crippen molar-refractivity contribution in [2.75, 3.05) is 33.4 Å². The van der Waals surface area contributed by atoms with Gasteiger partial charge in [0.05, 0.1) is 16.4 Å². The third-order valence-corrected chi connectivity index (χ3v) is 7.38. The van der Waals surface area contributed by atoms with Gasteiger partial charge in [-0.2, -0.15) is 4.31 Å². The average Bonchev–Trinajstić information content (AvgIpc) is 3.17. The number of ether oxygens (including phenoxy) is 1. The summed E-state index contributed by atoms with van der Waals surface area (Å²) in [5.41, 5.74) is -0.0229. The van der Waals surface area contributed by atoms with Gasteiger partial charge in [-0.05, 0) is 25.3 Å². The molecule has 0 bridgehead atoms. The minimum Gasteiger partial charge on any atom is -0.381 e. The Balaban J connectivity index is 1.83. The second-order valence-corrected chi connectivity index (χ2v) is 8.82. The molecule has 2 saturated heterocycles. The Morgan fingerprint density at radius 2 is 2.27 bits per heavy atom. The SMILES string of the molecule is CNC(=O)c1cc(S(=O)(=O)N2CCCC3(CCOC3)C2)cs1. The van der Waals surface area contributed by atoms with Gasteiger partial charge in [0.25, 0.3) is 5.91 Å². The first-order valence-corrected chi connectivity index (χ1v) is 9.67. The Morgan fingerprint density at radius 1 is 1.45 bits per heavy atom. The molecule has 0 radical (unpaired) electrons. The maximum Gasteiger partial charge on any atom is 0.261 e. The summed E-state index contributed by atoms with van der Waals surface area (Å²) in [6.45, 7) is 2.41. The quantitative estimate of drug-likeness (QED) is 0.897. The van der Waals surface area contributed by atoms with Crippen LogP contribution in [0.5, 0.6) is 0 Å². The number of carbonyl (C=O) groups is 1. The maximum atomic E-state index is 12.8. The molecule has 1 amide bonds. The van der Waals surface area contributed by atoms with E-state index in [1.165, 1.54) is 13.1 Å². The highest BCUT2D eigenvalue weighted by Crippen LogP contribution is 2.39. The van der Waals surface area contributed by atoms with E-state index in [1.54, 1.807) is 9.69 Å². The first-order valence-electron chi connectivity index (χ1n) is 7.35. The van der Waals surface area contributed by atoms with Gasteiger partial charge < -0.3 is 10.1 Å². The molecule has 0 saturated carbocycles. The van der Waals surface area contributed by atoms with Crippen molar-refractivity contribution >= 4 is 27.3 Å². The minimum absolute atomic E-state index is 0.0229. The van der Waals surface area contributed by atoms with Gasteiger partial charge >= 0.3 is 0 Å². The number of hydrogen-bond acceptors (Lipinski definition) is 5. The van der Waals surface area contributed by atoms with Gasteiger partial charge in [-0.25, -0.2) is 8.42 Å². The Kier molecular flexibility index (Phi) is 4.28. The Bertz CT molecular complexity index is 662. The average molecular weight is 344 g/mol. The van der Waals surface area contributed by atoms with Crippen LogP contribution in [0.4, 0.5) is 0 Å². The molecule has 1 N–H and O–H groups in total. The summed E-state index contributed by atoms with van der Waals surface area (Å²) in [6, 6.07) is 1.46. The zero-order valence-corrected chi connectivity index (χ0v) is 14.1. The lowest BCUT2D eigenvalue weighted by atomic mass is 9.80. The highest BCUT2D eigenvalue weighted by atomic mass is 32.2. The van der Waals surface area contributed by atoms with Crippen molar-refractivity contribution in [2.45, 2.75) is 24.2 Å². The number of sulfonamides is 1. The fraction of sp³-hybridized carbons (Fsp3) is 0.643. The smallest absolute Gasteiger partial charge is 0.261 e. The number of rotatable bonds is 3. The lowest BCUT2D eigenvalue weighted by Gasteiger charge is -2.38. The molecule has 8 heteroatoms. The summed E-state index contributed by atoms with van der Waals surface area (Å²) in [7, 11) is -2.01. The molecule has 0 aliphatic carbocycles. The monoisotopic (exact) mass is 344 g/mol. The third kappa shape index (κ3) is 2.80. The summed E-state index contributed by atoms with van der Waals surface area (Å²) >= 11 is 1.15. The van der Waals surface area contributed by atoms with E-state index in [9.17, 15) is 13.2 Å². The fourth-order valence-electron chi connectivity index (χ4n) is 3.18. The van der Waals surface area contributed by atoms with E-state index in [1.807, 2.05) is 0 Å². The van der Waals surface area contributed by atoms with Gasteiger partial charge in [-0.1, -0.05) is 0 Å². The lowest BCUT2D eigenvalue weighted by molar-refractivity contribution is 0.0967. The second kappa shape index (κ2) is 5.92. The molecule has 1 atom stereocenters. The first-order chi connectivity index (χ1) is 10.5. The molecule has 1 aromatic heterocycles. The van der Waals surface area contributed by atoms with E-state index >= 15 is 0 Å². The van der Waals surface area contributed by atoms with E-state index in [0.717, 1.165) is 30.6 Å². The Morgan fingerprint density at radius 3 is 2.95 bits per heavy atom. The van der Waals surface area contributed by atoms with Crippen molar-refractivity contribution in [1.29, 1.82) is 0 Å². The molecule has 3 heterocycles. The first kappa shape index (κ1) is 15.9. The van der Waals surface area contributed by atoms with Crippen LogP contribution in [-0.2, 0) is 14.8 Å². The molecule has 6 nitrogen and oxygen atoms in total. The van der Waals surface area contributed by atoms with Crippen molar-refractivity contribution < 1.29 is 17.9 Å². The minimum atomic E-state index is -3.54. The molecule has 1 unspecified atom stereocenters. The van der Waals surface area contributed by atoms with Crippen LogP contribution >= 0.6 is 11.3 Å². The van der Waals surface area contributed by atoms with Crippen LogP contribution in [0.2, 0.25) is 0 Å². The molecule has 2 fully saturated rings.